The van der Waals surface area contributed by atoms with Crippen molar-refractivity contribution in [3.63, 3.8) is 0 Å². The van der Waals surface area contributed by atoms with Crippen molar-refractivity contribution < 1.29 is 9.72 Å². The van der Waals surface area contributed by atoms with Gasteiger partial charge in [-0.1, -0.05) is 36.8 Å². The number of hydrogen-bond donors (Lipinski definition) is 1. The molecule has 7 nitrogen and oxygen atoms in total. The summed E-state index contributed by atoms with van der Waals surface area (Å²) in [5.41, 5.74) is 2.77. The Hall–Kier alpha value is -2.70. The second-order valence-corrected chi connectivity index (χ2v) is 5.90. The molecule has 2 aromatic rings. The molecular formula is C17H22N4O3. The fourth-order valence-corrected chi connectivity index (χ4v) is 2.58. The zero-order valence-corrected chi connectivity index (χ0v) is 14.3. The number of nitro groups is 1. The molecule has 1 aromatic carbocycles. The van der Waals surface area contributed by atoms with Gasteiger partial charge in [0.25, 0.3) is 0 Å². The summed E-state index contributed by atoms with van der Waals surface area (Å²) in [6, 6.07) is 8.64. The van der Waals surface area contributed by atoms with Crippen LogP contribution in [-0.4, -0.2) is 20.6 Å². The molecule has 0 spiro atoms. The van der Waals surface area contributed by atoms with Gasteiger partial charge in [-0.15, -0.1) is 0 Å². The fourth-order valence-electron chi connectivity index (χ4n) is 2.58. The first-order valence-corrected chi connectivity index (χ1v) is 7.91. The third kappa shape index (κ3) is 3.79. The summed E-state index contributed by atoms with van der Waals surface area (Å²) in [5.74, 6) is -0.471. The number of aromatic nitrogens is 2. The number of benzene rings is 1. The molecule has 0 aliphatic heterocycles. The van der Waals surface area contributed by atoms with Crippen LogP contribution < -0.4 is 5.32 Å². The van der Waals surface area contributed by atoms with Crippen molar-refractivity contribution in [3.8, 4) is 0 Å². The van der Waals surface area contributed by atoms with Gasteiger partial charge < -0.3 is 15.4 Å². The smallest absolute Gasteiger partial charge is 0.358 e. The van der Waals surface area contributed by atoms with E-state index in [2.05, 4.69) is 10.4 Å². The maximum atomic E-state index is 12.5. The van der Waals surface area contributed by atoms with Gasteiger partial charge in [0.2, 0.25) is 5.91 Å². The number of hydrogen-bond acceptors (Lipinski definition) is 4. The number of carbonyl (C=O) groups excluding carboxylic acids is 1. The van der Waals surface area contributed by atoms with Gasteiger partial charge in [0.1, 0.15) is 6.04 Å². The van der Waals surface area contributed by atoms with Gasteiger partial charge in [0, 0.05) is 0 Å². The van der Waals surface area contributed by atoms with E-state index in [1.165, 1.54) is 10.7 Å². The molecule has 0 saturated carbocycles. The highest BCUT2D eigenvalue weighted by molar-refractivity contribution is 5.80. The van der Waals surface area contributed by atoms with Gasteiger partial charge in [-0.05, 0) is 37.7 Å². The van der Waals surface area contributed by atoms with Crippen molar-refractivity contribution in [2.24, 2.45) is 0 Å². The molecule has 0 saturated heterocycles. The van der Waals surface area contributed by atoms with E-state index in [1.54, 1.807) is 13.8 Å². The molecule has 1 heterocycles. The predicted molar refractivity (Wildman–Crippen MR) is 90.7 cm³/mol. The maximum Gasteiger partial charge on any atom is 0.390 e. The Morgan fingerprint density at radius 2 is 1.96 bits per heavy atom. The van der Waals surface area contributed by atoms with E-state index in [0.29, 0.717) is 5.69 Å². The van der Waals surface area contributed by atoms with Crippen molar-refractivity contribution in [1.82, 2.24) is 15.1 Å². The van der Waals surface area contributed by atoms with E-state index >= 15 is 0 Å². The highest BCUT2D eigenvalue weighted by Crippen LogP contribution is 2.20. The second kappa shape index (κ2) is 7.25. The van der Waals surface area contributed by atoms with Crippen LogP contribution in [-0.2, 0) is 4.79 Å². The summed E-state index contributed by atoms with van der Waals surface area (Å²) in [4.78, 5) is 22.8. The Labute approximate surface area is 140 Å². The third-order valence-electron chi connectivity index (χ3n) is 4.05. The van der Waals surface area contributed by atoms with Crippen LogP contribution in [0.4, 0.5) is 5.82 Å². The van der Waals surface area contributed by atoms with Crippen molar-refractivity contribution in [3.05, 3.63) is 57.3 Å². The first-order chi connectivity index (χ1) is 11.3. The Bertz CT molecular complexity index is 737. The van der Waals surface area contributed by atoms with Crippen molar-refractivity contribution >= 4 is 11.7 Å². The minimum atomic E-state index is -0.627. The third-order valence-corrected chi connectivity index (χ3v) is 4.05. The molecule has 0 radical (unpaired) electrons. The second-order valence-electron chi connectivity index (χ2n) is 5.90. The Balaban J connectivity index is 2.15. The van der Waals surface area contributed by atoms with Crippen molar-refractivity contribution in [2.75, 3.05) is 0 Å². The van der Waals surface area contributed by atoms with Crippen molar-refractivity contribution in [2.45, 2.75) is 46.2 Å². The highest BCUT2D eigenvalue weighted by atomic mass is 16.6. The number of rotatable bonds is 6. The number of aryl methyl sites for hydroxylation is 2. The predicted octanol–water partition coefficient (Wildman–Crippen LogP) is 3.24. The lowest BCUT2D eigenvalue weighted by Crippen LogP contribution is -2.34. The molecule has 2 atom stereocenters. The Kier molecular flexibility index (Phi) is 5.33. The lowest BCUT2D eigenvalue weighted by Gasteiger charge is -2.20. The summed E-state index contributed by atoms with van der Waals surface area (Å²) in [7, 11) is 0. The van der Waals surface area contributed by atoms with Crippen LogP contribution in [0, 0.1) is 24.0 Å². The number of nitrogens with one attached hydrogen (secondary N) is 1. The van der Waals surface area contributed by atoms with Crippen LogP contribution in [0.15, 0.2) is 30.3 Å². The normalized spacial score (nSPS) is 13.3. The van der Waals surface area contributed by atoms with Crippen LogP contribution in [0.5, 0.6) is 0 Å². The largest absolute Gasteiger partial charge is 0.390 e. The van der Waals surface area contributed by atoms with E-state index in [9.17, 15) is 14.9 Å². The van der Waals surface area contributed by atoms with E-state index in [1.807, 2.05) is 38.1 Å². The topological polar surface area (TPSA) is 90.1 Å². The summed E-state index contributed by atoms with van der Waals surface area (Å²) in [6.07, 6.45) is 0.750. The summed E-state index contributed by atoms with van der Waals surface area (Å²) >= 11 is 0. The first-order valence-electron chi connectivity index (χ1n) is 7.91. The average Bonchev–Trinajstić information content (AvgIpc) is 2.94. The Morgan fingerprint density at radius 1 is 1.33 bits per heavy atom. The van der Waals surface area contributed by atoms with Crippen LogP contribution in [0.2, 0.25) is 0 Å². The first kappa shape index (κ1) is 17.7. The molecule has 2 unspecified atom stereocenters. The van der Waals surface area contributed by atoms with E-state index in [4.69, 9.17) is 0 Å². The van der Waals surface area contributed by atoms with E-state index < -0.39 is 11.0 Å². The molecule has 24 heavy (non-hydrogen) atoms. The molecule has 1 amide bonds. The van der Waals surface area contributed by atoms with Gasteiger partial charge >= 0.3 is 5.82 Å². The van der Waals surface area contributed by atoms with E-state index in [0.717, 1.165) is 17.5 Å². The van der Waals surface area contributed by atoms with Gasteiger partial charge in [-0.2, -0.15) is 4.68 Å². The molecule has 128 valence electrons. The molecule has 0 aliphatic carbocycles. The minimum absolute atomic E-state index is 0.105. The van der Waals surface area contributed by atoms with Crippen LogP contribution >= 0.6 is 0 Å². The number of nitrogens with zero attached hydrogens (tertiary/aromatic N) is 3. The zero-order chi connectivity index (χ0) is 17.9. The summed E-state index contributed by atoms with van der Waals surface area (Å²) in [6.45, 7) is 7.39. The molecular weight excluding hydrogens is 308 g/mol. The van der Waals surface area contributed by atoms with Crippen LogP contribution in [0.25, 0.3) is 0 Å². The van der Waals surface area contributed by atoms with Gasteiger partial charge in [-0.25, -0.2) is 0 Å². The molecule has 0 aliphatic rings. The SMILES string of the molecule is CCC(NC(=O)C(C)n1nc([N+](=O)[O-])cc1C)c1ccc(C)cc1. The maximum absolute atomic E-state index is 12.5. The molecule has 1 N–H and O–H groups in total. The van der Waals surface area contributed by atoms with Gasteiger partial charge in [-0.3, -0.25) is 4.79 Å². The molecule has 0 fully saturated rings. The zero-order valence-electron chi connectivity index (χ0n) is 14.3. The number of amides is 1. The van der Waals surface area contributed by atoms with E-state index in [-0.39, 0.29) is 17.8 Å². The standard InChI is InChI=1S/C17H22N4O3/c1-5-15(14-8-6-11(2)7-9-14)18-17(22)13(4)20-12(3)10-16(19-20)21(23)24/h6-10,13,15H,5H2,1-4H3,(H,18,22). The molecule has 2 rings (SSSR count). The monoisotopic (exact) mass is 330 g/mol. The molecule has 7 heteroatoms. The van der Waals surface area contributed by atoms with Crippen LogP contribution in [0.1, 0.15) is 49.2 Å². The summed E-state index contributed by atoms with van der Waals surface area (Å²) < 4.78 is 1.38. The highest BCUT2D eigenvalue weighted by Gasteiger charge is 2.26. The molecule has 0 bridgehead atoms. The van der Waals surface area contributed by atoms with Crippen molar-refractivity contribution in [1.29, 1.82) is 0 Å². The molecule has 1 aromatic heterocycles. The Morgan fingerprint density at radius 3 is 2.46 bits per heavy atom. The fraction of sp³-hybridized carbons (Fsp3) is 0.412. The quantitative estimate of drug-likeness (QED) is 0.650. The number of carbonyl (C=O) groups is 1. The average molecular weight is 330 g/mol. The van der Waals surface area contributed by atoms with Crippen LogP contribution in [0.3, 0.4) is 0 Å². The minimum Gasteiger partial charge on any atom is -0.358 e. The summed E-state index contributed by atoms with van der Waals surface area (Å²) in [5, 5.41) is 17.7. The lowest BCUT2D eigenvalue weighted by atomic mass is 10.0. The van der Waals surface area contributed by atoms with Gasteiger partial charge in [0.15, 0.2) is 0 Å². The van der Waals surface area contributed by atoms with Gasteiger partial charge in [0.05, 0.1) is 22.9 Å². The lowest BCUT2D eigenvalue weighted by molar-refractivity contribution is -0.389.